The third kappa shape index (κ3) is 5.36. The van der Waals surface area contributed by atoms with Crippen molar-refractivity contribution in [2.45, 2.75) is 70.9 Å². The summed E-state index contributed by atoms with van der Waals surface area (Å²) >= 11 is 0. The Morgan fingerprint density at radius 3 is 2.19 bits per heavy atom. The minimum Gasteiger partial charge on any atom is -0.444 e. The van der Waals surface area contributed by atoms with Crippen LogP contribution in [0.15, 0.2) is 18.2 Å². The van der Waals surface area contributed by atoms with Crippen LogP contribution in [0, 0.1) is 11.3 Å². The van der Waals surface area contributed by atoms with Gasteiger partial charge in [-0.05, 0) is 70.4 Å². The van der Waals surface area contributed by atoms with Gasteiger partial charge < -0.3 is 19.4 Å². The molecule has 0 aliphatic carbocycles. The first kappa shape index (κ1) is 29.1. The zero-order valence-electron chi connectivity index (χ0n) is 25.0. The lowest BCUT2D eigenvalue weighted by atomic mass is 9.71. The summed E-state index contributed by atoms with van der Waals surface area (Å²) < 4.78 is 5.40. The summed E-state index contributed by atoms with van der Waals surface area (Å²) in [6.07, 6.45) is 3.46. The maximum absolute atomic E-state index is 13.5. The van der Waals surface area contributed by atoms with Crippen LogP contribution in [-0.2, 0) is 19.1 Å². The topological polar surface area (TPSA) is 137 Å². The summed E-state index contributed by atoms with van der Waals surface area (Å²) in [7, 11) is 0. The maximum Gasteiger partial charge on any atom is 0.410 e. The van der Waals surface area contributed by atoms with Crippen molar-refractivity contribution in [2.24, 2.45) is 11.3 Å². The van der Waals surface area contributed by atoms with Crippen LogP contribution in [-0.4, -0.2) is 101 Å². The third-order valence-corrected chi connectivity index (χ3v) is 9.63. The van der Waals surface area contributed by atoms with Crippen molar-refractivity contribution in [2.75, 3.05) is 44.2 Å². The third-order valence-electron chi connectivity index (χ3n) is 9.63. The summed E-state index contributed by atoms with van der Waals surface area (Å²) in [6.45, 7) is 9.09. The summed E-state index contributed by atoms with van der Waals surface area (Å²) in [5.41, 5.74) is 0.876. The van der Waals surface area contributed by atoms with Crippen LogP contribution in [0.1, 0.15) is 80.0 Å². The van der Waals surface area contributed by atoms with E-state index >= 15 is 0 Å². The van der Waals surface area contributed by atoms with Gasteiger partial charge in [0.05, 0.1) is 22.7 Å². The molecule has 0 bridgehead atoms. The molecule has 1 spiro atoms. The Morgan fingerprint density at radius 1 is 0.907 bits per heavy atom. The number of piperidine rings is 3. The van der Waals surface area contributed by atoms with Gasteiger partial charge in [0.15, 0.2) is 0 Å². The molecule has 1 aromatic rings. The van der Waals surface area contributed by atoms with E-state index in [1.807, 2.05) is 31.7 Å². The van der Waals surface area contributed by atoms with E-state index in [9.17, 15) is 28.8 Å². The monoisotopic (exact) mass is 593 g/mol. The van der Waals surface area contributed by atoms with Crippen molar-refractivity contribution in [1.82, 2.24) is 20.0 Å². The second-order valence-electron chi connectivity index (χ2n) is 13.5. The first-order valence-electron chi connectivity index (χ1n) is 15.2. The Labute approximate surface area is 250 Å². The van der Waals surface area contributed by atoms with Gasteiger partial charge >= 0.3 is 6.09 Å². The maximum atomic E-state index is 13.5. The average molecular weight is 594 g/mol. The van der Waals surface area contributed by atoms with Crippen LogP contribution in [0.4, 0.5) is 10.5 Å². The molecule has 0 saturated carbocycles. The highest BCUT2D eigenvalue weighted by Gasteiger charge is 2.47. The predicted molar refractivity (Wildman–Crippen MR) is 154 cm³/mol. The Bertz CT molecular complexity index is 1380. The number of ether oxygens (including phenoxy) is 1. The quantitative estimate of drug-likeness (QED) is 0.527. The molecule has 1 aromatic carbocycles. The van der Waals surface area contributed by atoms with E-state index in [0.717, 1.165) is 43.7 Å². The normalized spacial score (nSPS) is 24.2. The number of carbonyl (C=O) groups excluding carboxylic acids is 6. The van der Waals surface area contributed by atoms with E-state index in [-0.39, 0.29) is 36.2 Å². The highest BCUT2D eigenvalue weighted by Crippen LogP contribution is 2.44. The number of benzene rings is 1. The number of rotatable bonds is 3. The first-order chi connectivity index (χ1) is 20.4. The number of nitrogens with one attached hydrogen (secondary N) is 1. The smallest absolute Gasteiger partial charge is 0.410 e. The zero-order chi connectivity index (χ0) is 30.7. The molecule has 4 saturated heterocycles. The highest BCUT2D eigenvalue weighted by atomic mass is 16.6. The molecule has 1 atom stereocenters. The number of imide groups is 2. The molecule has 0 aromatic heterocycles. The number of nitrogens with zero attached hydrogens (tertiary/aromatic N) is 4. The van der Waals surface area contributed by atoms with Gasteiger partial charge in [-0.2, -0.15) is 0 Å². The molecule has 1 unspecified atom stereocenters. The van der Waals surface area contributed by atoms with Crippen molar-refractivity contribution >= 4 is 41.3 Å². The van der Waals surface area contributed by atoms with Gasteiger partial charge in [0.2, 0.25) is 17.7 Å². The molecular weight excluding hydrogens is 554 g/mol. The van der Waals surface area contributed by atoms with Crippen LogP contribution in [0.5, 0.6) is 0 Å². The van der Waals surface area contributed by atoms with E-state index < -0.39 is 35.3 Å². The Kier molecular flexibility index (Phi) is 7.21. The molecule has 0 radical (unpaired) electrons. The number of amides is 6. The number of carbonyl (C=O) groups is 6. The van der Waals surface area contributed by atoms with Gasteiger partial charge in [-0.25, -0.2) is 4.79 Å². The predicted octanol–water partition coefficient (Wildman–Crippen LogP) is 2.16. The van der Waals surface area contributed by atoms with Crippen LogP contribution in [0.25, 0.3) is 0 Å². The van der Waals surface area contributed by atoms with Crippen molar-refractivity contribution in [3.63, 3.8) is 0 Å². The van der Waals surface area contributed by atoms with Gasteiger partial charge in [0, 0.05) is 45.7 Å². The van der Waals surface area contributed by atoms with Crippen molar-refractivity contribution in [3.05, 3.63) is 29.3 Å². The van der Waals surface area contributed by atoms with Crippen molar-refractivity contribution in [1.29, 1.82) is 0 Å². The fourth-order valence-electron chi connectivity index (χ4n) is 7.05. The lowest BCUT2D eigenvalue weighted by Crippen LogP contribution is -2.58. The summed E-state index contributed by atoms with van der Waals surface area (Å²) in [6, 6.07) is 4.26. The van der Waals surface area contributed by atoms with E-state index in [2.05, 4.69) is 10.2 Å². The second kappa shape index (κ2) is 10.6. The number of fused-ring (bicyclic) bond motifs is 1. The number of anilines is 1. The van der Waals surface area contributed by atoms with E-state index in [4.69, 9.17) is 4.74 Å². The van der Waals surface area contributed by atoms with Crippen LogP contribution in [0.2, 0.25) is 0 Å². The summed E-state index contributed by atoms with van der Waals surface area (Å²) in [4.78, 5) is 82.9. The van der Waals surface area contributed by atoms with Gasteiger partial charge in [0.25, 0.3) is 11.8 Å². The summed E-state index contributed by atoms with van der Waals surface area (Å²) in [5.74, 6) is -2.07. The van der Waals surface area contributed by atoms with Gasteiger partial charge in [-0.1, -0.05) is 6.07 Å². The number of hydrogen-bond donors (Lipinski definition) is 1. The molecule has 12 nitrogen and oxygen atoms in total. The minimum atomic E-state index is -0.990. The van der Waals surface area contributed by atoms with Gasteiger partial charge in [0.1, 0.15) is 11.6 Å². The molecule has 6 amide bonds. The van der Waals surface area contributed by atoms with Crippen LogP contribution >= 0.6 is 0 Å². The van der Waals surface area contributed by atoms with Crippen LogP contribution in [0.3, 0.4) is 0 Å². The standard InChI is InChI=1S/C31H39N5O7/c1-30(2,3)43-29(42)35-17-19(18-35)26(39)34-15-11-31(12-16-34)9-13-33(14-10-31)21-6-4-5-20-24(21)28(41)36(27(20)40)22-7-8-23(37)32-25(22)38/h4-6,19,22H,7-18H2,1-3H3,(H,32,37,38). The zero-order valence-corrected chi connectivity index (χ0v) is 25.0. The van der Waals surface area contributed by atoms with Crippen molar-refractivity contribution in [3.8, 4) is 0 Å². The van der Waals surface area contributed by atoms with Crippen molar-refractivity contribution < 1.29 is 33.5 Å². The lowest BCUT2D eigenvalue weighted by molar-refractivity contribution is -0.143. The molecule has 5 aliphatic rings. The molecule has 12 heteroatoms. The minimum absolute atomic E-state index is 0.0824. The van der Waals surface area contributed by atoms with Crippen LogP contribution < -0.4 is 10.2 Å². The molecule has 4 fully saturated rings. The molecule has 5 aliphatic heterocycles. The van der Waals surface area contributed by atoms with E-state index in [1.165, 1.54) is 0 Å². The molecule has 1 N–H and O–H groups in total. The lowest BCUT2D eigenvalue weighted by Gasteiger charge is -2.49. The summed E-state index contributed by atoms with van der Waals surface area (Å²) in [5, 5.41) is 2.24. The molecule has 5 heterocycles. The molecule has 6 rings (SSSR count). The Balaban J connectivity index is 1.04. The molecular formula is C31H39N5O7. The Morgan fingerprint density at radius 2 is 1.56 bits per heavy atom. The number of hydrogen-bond acceptors (Lipinski definition) is 8. The van der Waals surface area contributed by atoms with E-state index in [1.54, 1.807) is 17.0 Å². The van der Waals surface area contributed by atoms with Gasteiger partial charge in [-0.15, -0.1) is 0 Å². The molecule has 43 heavy (non-hydrogen) atoms. The fourth-order valence-corrected chi connectivity index (χ4v) is 7.05. The second-order valence-corrected chi connectivity index (χ2v) is 13.5. The van der Waals surface area contributed by atoms with Gasteiger partial charge in [-0.3, -0.25) is 34.2 Å². The molecule has 230 valence electrons. The number of likely N-dealkylation sites (tertiary alicyclic amines) is 2. The fraction of sp³-hybridized carbons (Fsp3) is 0.613. The van der Waals surface area contributed by atoms with E-state index in [0.29, 0.717) is 43.0 Å². The first-order valence-corrected chi connectivity index (χ1v) is 15.2. The Hall–Kier alpha value is -3.96. The average Bonchev–Trinajstić information content (AvgIpc) is 3.17. The largest absolute Gasteiger partial charge is 0.444 e. The SMILES string of the molecule is CC(C)(C)OC(=O)N1CC(C(=O)N2CCC3(CC2)CCN(c2cccc4c2C(=O)N(C2CCC(=O)NC2=O)C4=O)CC3)C1. The highest BCUT2D eigenvalue weighted by molar-refractivity contribution is 6.25.